The number of hydrogen-bond acceptors (Lipinski definition) is 6. The van der Waals surface area contributed by atoms with Crippen molar-refractivity contribution in [3.63, 3.8) is 0 Å². The Kier molecular flexibility index (Phi) is 6.82. The van der Waals surface area contributed by atoms with E-state index in [1.165, 1.54) is 16.8 Å². The molecule has 4 aromatic rings. The molecule has 4 rings (SSSR count). The van der Waals surface area contributed by atoms with Gasteiger partial charge < -0.3 is 9.88 Å². The van der Waals surface area contributed by atoms with Gasteiger partial charge >= 0.3 is 0 Å². The molecule has 0 aliphatic carbocycles. The number of amides is 1. The molecule has 35 heavy (non-hydrogen) atoms. The normalized spacial score (nSPS) is 11.5. The maximum absolute atomic E-state index is 13.5. The number of anilines is 1. The molecule has 0 bridgehead atoms. The van der Waals surface area contributed by atoms with Gasteiger partial charge in [-0.15, -0.1) is 11.8 Å². The van der Waals surface area contributed by atoms with Gasteiger partial charge in [0.2, 0.25) is 21.2 Å². The number of sulfone groups is 1. The average Bonchev–Trinajstić information content (AvgIpc) is 2.82. The minimum Gasteiger partial charge on any atom is -0.324 e. The fourth-order valence-electron chi connectivity index (χ4n) is 3.71. The van der Waals surface area contributed by atoms with Crippen molar-refractivity contribution in [3.8, 4) is 0 Å². The van der Waals surface area contributed by atoms with Gasteiger partial charge in [0.25, 0.3) is 0 Å². The Balaban J connectivity index is 1.81. The van der Waals surface area contributed by atoms with Crippen LogP contribution in [-0.2, 0) is 21.2 Å². The third kappa shape index (κ3) is 5.01. The first-order chi connectivity index (χ1) is 16.6. The molecule has 180 valence electrons. The van der Waals surface area contributed by atoms with E-state index in [1.54, 1.807) is 49.0 Å². The molecular formula is C26H25N3O4S2. The van der Waals surface area contributed by atoms with E-state index in [-0.39, 0.29) is 28.4 Å². The molecule has 9 heteroatoms. The van der Waals surface area contributed by atoms with Gasteiger partial charge in [-0.3, -0.25) is 9.59 Å². The molecule has 0 atom stereocenters. The molecule has 2 heterocycles. The number of pyridine rings is 2. The van der Waals surface area contributed by atoms with Crippen LogP contribution in [0.15, 0.2) is 80.3 Å². The fourth-order valence-corrected chi connectivity index (χ4v) is 5.62. The van der Waals surface area contributed by atoms with E-state index in [9.17, 15) is 18.0 Å². The predicted octanol–water partition coefficient (Wildman–Crippen LogP) is 4.52. The molecule has 7 nitrogen and oxygen atoms in total. The summed E-state index contributed by atoms with van der Waals surface area (Å²) >= 11 is 1.56. The summed E-state index contributed by atoms with van der Waals surface area (Å²) in [7, 11) is -4.13. The van der Waals surface area contributed by atoms with Crippen LogP contribution >= 0.6 is 11.8 Å². The molecule has 0 radical (unpaired) electrons. The summed E-state index contributed by atoms with van der Waals surface area (Å²) in [5, 5.41) is 2.97. The van der Waals surface area contributed by atoms with Gasteiger partial charge in [0, 0.05) is 22.5 Å². The Hall–Kier alpha value is -3.43. The fraction of sp³-hybridized carbons (Fsp3) is 0.192. The van der Waals surface area contributed by atoms with E-state index in [2.05, 4.69) is 10.3 Å². The molecule has 0 unspecified atom stereocenters. The number of nitrogens with zero attached hydrogens (tertiary/aromatic N) is 2. The van der Waals surface area contributed by atoms with Crippen molar-refractivity contribution in [2.24, 2.45) is 0 Å². The summed E-state index contributed by atoms with van der Waals surface area (Å²) in [6.45, 7) is 5.25. The van der Waals surface area contributed by atoms with Crippen LogP contribution in [0.25, 0.3) is 11.0 Å². The highest BCUT2D eigenvalue weighted by molar-refractivity contribution is 7.98. The first-order valence-electron chi connectivity index (χ1n) is 10.9. The molecule has 2 aromatic heterocycles. The molecule has 0 aliphatic rings. The van der Waals surface area contributed by atoms with Gasteiger partial charge in [0.15, 0.2) is 0 Å². The van der Waals surface area contributed by atoms with Gasteiger partial charge in [-0.2, -0.15) is 0 Å². The molecular weight excluding hydrogens is 482 g/mol. The summed E-state index contributed by atoms with van der Waals surface area (Å²) in [4.78, 5) is 31.3. The van der Waals surface area contributed by atoms with Gasteiger partial charge in [-0.05, 0) is 80.6 Å². The Morgan fingerprint density at radius 3 is 2.51 bits per heavy atom. The van der Waals surface area contributed by atoms with Crippen molar-refractivity contribution in [2.45, 2.75) is 42.0 Å². The first kappa shape index (κ1) is 24.7. The highest BCUT2D eigenvalue weighted by Gasteiger charge is 2.25. The number of carbonyl (C=O) groups is 1. The number of carbonyl (C=O) groups excluding carboxylic acids is 1. The molecule has 1 amide bonds. The van der Waals surface area contributed by atoms with Crippen molar-refractivity contribution in [1.82, 2.24) is 9.55 Å². The smallest absolute Gasteiger partial charge is 0.244 e. The average molecular weight is 508 g/mol. The number of benzene rings is 2. The van der Waals surface area contributed by atoms with E-state index >= 15 is 0 Å². The van der Waals surface area contributed by atoms with Crippen molar-refractivity contribution in [2.75, 3.05) is 11.6 Å². The van der Waals surface area contributed by atoms with Gasteiger partial charge in [0.05, 0.1) is 10.3 Å². The number of thioether (sulfide) groups is 1. The Morgan fingerprint density at radius 1 is 1.03 bits per heavy atom. The maximum atomic E-state index is 13.5. The van der Waals surface area contributed by atoms with Crippen molar-refractivity contribution < 1.29 is 13.2 Å². The second kappa shape index (κ2) is 9.67. The zero-order chi connectivity index (χ0) is 25.3. The Labute approximate surface area is 208 Å². The van der Waals surface area contributed by atoms with Crippen molar-refractivity contribution in [3.05, 3.63) is 87.8 Å². The van der Waals surface area contributed by atoms with Crippen molar-refractivity contribution >= 4 is 44.2 Å². The maximum Gasteiger partial charge on any atom is 0.244 e. The lowest BCUT2D eigenvalue weighted by Gasteiger charge is -2.14. The monoisotopic (exact) mass is 507 g/mol. The summed E-state index contributed by atoms with van der Waals surface area (Å²) in [5.41, 5.74) is 2.62. The predicted molar refractivity (Wildman–Crippen MR) is 139 cm³/mol. The van der Waals surface area contributed by atoms with Crippen LogP contribution < -0.4 is 10.7 Å². The van der Waals surface area contributed by atoms with E-state index in [0.717, 1.165) is 16.0 Å². The number of aryl methyl sites for hydroxylation is 3. The van der Waals surface area contributed by atoms with E-state index < -0.39 is 20.2 Å². The van der Waals surface area contributed by atoms with E-state index in [4.69, 9.17) is 0 Å². The third-order valence-corrected chi connectivity index (χ3v) is 8.24. The molecule has 0 fully saturated rings. The van der Waals surface area contributed by atoms with E-state index in [1.807, 2.05) is 38.3 Å². The van der Waals surface area contributed by atoms with Crippen LogP contribution in [0.3, 0.4) is 0 Å². The van der Waals surface area contributed by atoms with Gasteiger partial charge in [0.1, 0.15) is 17.1 Å². The van der Waals surface area contributed by atoms with Crippen LogP contribution in [0.5, 0.6) is 0 Å². The van der Waals surface area contributed by atoms with Crippen LogP contribution in [0.1, 0.15) is 16.8 Å². The number of aromatic nitrogens is 2. The number of nitrogens with one attached hydrogen (secondary N) is 1. The molecule has 1 N–H and O–H groups in total. The van der Waals surface area contributed by atoms with Crippen LogP contribution in [-0.4, -0.2) is 30.1 Å². The quantitative estimate of drug-likeness (QED) is 0.386. The minimum absolute atomic E-state index is 0.0296. The number of hydrogen-bond donors (Lipinski definition) is 1. The lowest BCUT2D eigenvalue weighted by Crippen LogP contribution is -2.24. The summed E-state index contributed by atoms with van der Waals surface area (Å²) in [5.74, 6) is -0.369. The molecule has 0 aliphatic heterocycles. The largest absolute Gasteiger partial charge is 0.324 e. The van der Waals surface area contributed by atoms with Crippen LogP contribution in [0.2, 0.25) is 0 Å². The zero-order valence-electron chi connectivity index (χ0n) is 19.8. The van der Waals surface area contributed by atoms with Crippen molar-refractivity contribution in [1.29, 1.82) is 0 Å². The van der Waals surface area contributed by atoms with Gasteiger partial charge in [-0.1, -0.05) is 12.1 Å². The summed E-state index contributed by atoms with van der Waals surface area (Å²) in [6.07, 6.45) is 3.17. The summed E-state index contributed by atoms with van der Waals surface area (Å²) in [6, 6.07) is 15.4. The standard InChI is InChI=1S/C26H25N3O4S2/c1-16-8-10-21(12-17(16)2)35(32,33)23-14-29(26-22(25(23)31)11-9-18(3)27-26)15-24(30)28-19-6-5-7-20(13-19)34-4/h5-14H,15H2,1-4H3,(H,28,30). The first-order valence-corrected chi connectivity index (χ1v) is 13.6. The van der Waals surface area contributed by atoms with E-state index in [0.29, 0.717) is 11.4 Å². The summed E-state index contributed by atoms with van der Waals surface area (Å²) < 4.78 is 28.4. The van der Waals surface area contributed by atoms with Gasteiger partial charge in [-0.25, -0.2) is 13.4 Å². The minimum atomic E-state index is -4.13. The number of fused-ring (bicyclic) bond motifs is 1. The van der Waals surface area contributed by atoms with Crippen LogP contribution in [0, 0.1) is 20.8 Å². The molecule has 0 saturated heterocycles. The molecule has 0 saturated carbocycles. The highest BCUT2D eigenvalue weighted by Crippen LogP contribution is 2.23. The second-order valence-electron chi connectivity index (χ2n) is 8.30. The third-order valence-electron chi connectivity index (χ3n) is 5.77. The topological polar surface area (TPSA) is 98.1 Å². The molecule has 2 aromatic carbocycles. The second-order valence-corrected chi connectivity index (χ2v) is 11.1. The zero-order valence-corrected chi connectivity index (χ0v) is 21.5. The lowest BCUT2D eigenvalue weighted by molar-refractivity contribution is -0.116. The highest BCUT2D eigenvalue weighted by atomic mass is 32.2. The SMILES string of the molecule is CSc1cccc(NC(=O)Cn2cc(S(=O)(=O)c3ccc(C)c(C)c3)c(=O)c3ccc(C)nc32)c1. The molecule has 0 spiro atoms. The Morgan fingerprint density at radius 2 is 1.80 bits per heavy atom. The lowest BCUT2D eigenvalue weighted by atomic mass is 10.1. The number of rotatable bonds is 6. The Bertz CT molecular complexity index is 1630. The van der Waals surface area contributed by atoms with Crippen LogP contribution in [0.4, 0.5) is 5.69 Å².